The molecule has 0 aliphatic heterocycles. The molecular weight excluding hydrogens is 609 g/mol. The zero-order valence-electron chi connectivity index (χ0n) is 19.5. The number of H-pyrrole nitrogens is 1. The molecule has 3 rings (SSSR count). The van der Waals surface area contributed by atoms with E-state index in [2.05, 4.69) is 37.8 Å². The molecule has 34 heavy (non-hydrogen) atoms. The fourth-order valence-electron chi connectivity index (χ4n) is 3.50. The molecule has 0 amide bonds. The van der Waals surface area contributed by atoms with Crippen molar-refractivity contribution >= 4 is 50.4 Å². The summed E-state index contributed by atoms with van der Waals surface area (Å²) in [6.07, 6.45) is 12.5. The first-order valence-corrected chi connectivity index (χ1v) is 13.5. The molecule has 7 nitrogen and oxygen atoms in total. The summed E-state index contributed by atoms with van der Waals surface area (Å²) in [6.45, 7) is 3.13. The van der Waals surface area contributed by atoms with Gasteiger partial charge in [-0.1, -0.05) is 82.2 Å². The van der Waals surface area contributed by atoms with Crippen LogP contribution in [0.2, 0.25) is 0 Å². The van der Waals surface area contributed by atoms with E-state index in [1.54, 1.807) is 0 Å². The summed E-state index contributed by atoms with van der Waals surface area (Å²) in [5.74, 6) is -0.888. The summed E-state index contributed by atoms with van der Waals surface area (Å²) >= 11 is 5.38. The summed E-state index contributed by atoms with van der Waals surface area (Å²) in [4.78, 5) is 23.0. The second kappa shape index (κ2) is 15.1. The fourth-order valence-corrected chi connectivity index (χ4v) is 4.78. The zero-order chi connectivity index (χ0) is 24.9. The number of aromatic amines is 1. The number of rotatable bonds is 11. The largest absolute Gasteiger partial charge is 0.478 e. The highest BCUT2D eigenvalue weighted by Crippen LogP contribution is 2.36. The van der Waals surface area contributed by atoms with Gasteiger partial charge < -0.3 is 21.6 Å². The third-order valence-electron chi connectivity index (χ3n) is 5.27. The van der Waals surface area contributed by atoms with Crippen molar-refractivity contribution in [3.8, 4) is 22.6 Å². The van der Waals surface area contributed by atoms with Crippen LogP contribution in [0.25, 0.3) is 22.6 Å². The lowest BCUT2D eigenvalue weighted by Crippen LogP contribution is -2.00. The highest BCUT2D eigenvalue weighted by Gasteiger charge is 2.24. The SMILES string of the molecule is CCCCCCCCCCN.Nc1ncc(Br)c(-c2[nH]c(-c3ccccc3)c(C(=O)O)c2I)n1. The minimum absolute atomic E-state index is 0.117. The minimum atomic E-state index is -1.01. The number of nitrogens with one attached hydrogen (secondary N) is 1. The predicted molar refractivity (Wildman–Crippen MR) is 151 cm³/mol. The molecule has 0 fully saturated rings. The lowest BCUT2D eigenvalue weighted by molar-refractivity contribution is 0.0697. The molecule has 0 radical (unpaired) electrons. The van der Waals surface area contributed by atoms with Crippen molar-refractivity contribution in [2.24, 2.45) is 5.73 Å². The van der Waals surface area contributed by atoms with Crippen molar-refractivity contribution in [2.75, 3.05) is 12.3 Å². The van der Waals surface area contributed by atoms with Crippen molar-refractivity contribution in [2.45, 2.75) is 58.3 Å². The van der Waals surface area contributed by atoms with Crippen LogP contribution in [-0.2, 0) is 0 Å². The minimum Gasteiger partial charge on any atom is -0.478 e. The maximum absolute atomic E-state index is 11.7. The Hall–Kier alpha value is -1.98. The van der Waals surface area contributed by atoms with Crippen molar-refractivity contribution in [1.82, 2.24) is 15.0 Å². The number of anilines is 1. The number of halogens is 2. The van der Waals surface area contributed by atoms with Gasteiger partial charge in [0.05, 0.1) is 25.0 Å². The Kier molecular flexibility index (Phi) is 12.6. The van der Waals surface area contributed by atoms with Crippen LogP contribution in [0.15, 0.2) is 41.0 Å². The number of aromatic nitrogens is 3. The molecule has 9 heteroatoms. The molecule has 6 N–H and O–H groups in total. The van der Waals surface area contributed by atoms with Gasteiger partial charge in [0.15, 0.2) is 0 Å². The molecule has 0 atom stereocenters. The maximum atomic E-state index is 11.7. The lowest BCUT2D eigenvalue weighted by atomic mass is 10.1. The van der Waals surface area contributed by atoms with Gasteiger partial charge in [-0.25, -0.2) is 14.8 Å². The molecule has 0 aliphatic carbocycles. The molecule has 0 aliphatic rings. The monoisotopic (exact) mass is 641 g/mol. The molecule has 0 saturated carbocycles. The number of nitrogens with zero attached hydrogens (tertiary/aromatic N) is 2. The van der Waals surface area contributed by atoms with Crippen LogP contribution >= 0.6 is 38.5 Å². The highest BCUT2D eigenvalue weighted by atomic mass is 127. The number of carboxylic acid groups (broad SMARTS) is 1. The van der Waals surface area contributed by atoms with Crippen LogP contribution < -0.4 is 11.5 Å². The van der Waals surface area contributed by atoms with Crippen molar-refractivity contribution < 1.29 is 9.90 Å². The number of benzene rings is 1. The van der Waals surface area contributed by atoms with Gasteiger partial charge in [-0.2, -0.15) is 0 Å². The Morgan fingerprint density at radius 2 is 1.68 bits per heavy atom. The number of aromatic carboxylic acids is 1. The van der Waals surface area contributed by atoms with Gasteiger partial charge in [0.1, 0.15) is 5.69 Å². The Bertz CT molecular complexity index is 1040. The van der Waals surface area contributed by atoms with E-state index in [1.807, 2.05) is 52.9 Å². The Morgan fingerprint density at radius 3 is 2.26 bits per heavy atom. The van der Waals surface area contributed by atoms with E-state index >= 15 is 0 Å². The van der Waals surface area contributed by atoms with Crippen LogP contribution in [-0.4, -0.2) is 32.6 Å². The van der Waals surface area contributed by atoms with Gasteiger partial charge in [-0.05, 0) is 57.0 Å². The van der Waals surface area contributed by atoms with Crippen LogP contribution in [0.1, 0.15) is 68.6 Å². The number of carbonyl (C=O) groups is 1. The van der Waals surface area contributed by atoms with E-state index in [1.165, 1.54) is 57.6 Å². The summed E-state index contributed by atoms with van der Waals surface area (Å²) in [5, 5.41) is 9.60. The third kappa shape index (κ3) is 8.35. The molecule has 0 bridgehead atoms. The fraction of sp³-hybridized carbons (Fsp3) is 0.400. The van der Waals surface area contributed by atoms with Crippen molar-refractivity contribution in [3.63, 3.8) is 0 Å². The maximum Gasteiger partial charge on any atom is 0.339 e. The van der Waals surface area contributed by atoms with E-state index in [0.717, 1.165) is 12.1 Å². The number of nitrogens with two attached hydrogens (primary N) is 2. The number of hydrogen-bond donors (Lipinski definition) is 4. The molecule has 0 spiro atoms. The van der Waals surface area contributed by atoms with Crippen molar-refractivity contribution in [3.05, 3.63) is 50.1 Å². The lowest BCUT2D eigenvalue weighted by Gasteiger charge is -2.03. The summed E-state index contributed by atoms with van der Waals surface area (Å²) in [5.41, 5.74) is 13.7. The molecule has 184 valence electrons. The van der Waals surface area contributed by atoms with Gasteiger partial charge in [-0.15, -0.1) is 0 Å². The third-order valence-corrected chi connectivity index (χ3v) is 6.93. The van der Waals surface area contributed by atoms with Crippen LogP contribution in [0.3, 0.4) is 0 Å². The van der Waals surface area contributed by atoms with Gasteiger partial charge in [0.2, 0.25) is 5.95 Å². The first-order chi connectivity index (χ1) is 16.4. The Balaban J connectivity index is 0.000000316. The first-order valence-electron chi connectivity index (χ1n) is 11.6. The predicted octanol–water partition coefficient (Wildman–Crippen LogP) is 6.87. The molecular formula is C25H33BrIN5O2. The zero-order valence-corrected chi connectivity index (χ0v) is 23.2. The second-order valence-corrected chi connectivity index (χ2v) is 9.86. The average Bonchev–Trinajstić information content (AvgIpc) is 3.18. The average molecular weight is 642 g/mol. The second-order valence-electron chi connectivity index (χ2n) is 7.92. The normalized spacial score (nSPS) is 10.6. The van der Waals surface area contributed by atoms with Crippen molar-refractivity contribution in [1.29, 1.82) is 0 Å². The summed E-state index contributed by atoms with van der Waals surface area (Å²) < 4.78 is 1.19. The highest BCUT2D eigenvalue weighted by molar-refractivity contribution is 14.1. The molecule has 0 unspecified atom stereocenters. The molecule has 2 heterocycles. The van der Waals surface area contributed by atoms with Gasteiger partial charge >= 0.3 is 5.97 Å². The summed E-state index contributed by atoms with van der Waals surface area (Å²) in [6, 6.07) is 9.28. The topological polar surface area (TPSA) is 131 Å². The van der Waals surface area contributed by atoms with E-state index < -0.39 is 5.97 Å². The first kappa shape index (κ1) is 28.3. The standard InChI is InChI=1S/C15H10BrIN4O2.C10H23N/c16-8-6-19-15(18)21-12(8)13-10(17)9(14(22)23)11(20-13)7-4-2-1-3-5-7;1-2-3-4-5-6-7-8-9-10-11/h1-6,20H,(H,22,23)(H2,18,19,21);2-11H2,1H3. The Labute approximate surface area is 223 Å². The molecule has 2 aromatic heterocycles. The quantitative estimate of drug-likeness (QED) is 0.133. The number of carboxylic acids is 1. The molecule has 0 saturated heterocycles. The van der Waals surface area contributed by atoms with Crippen LogP contribution in [0.5, 0.6) is 0 Å². The number of unbranched alkanes of at least 4 members (excludes halogenated alkanes) is 7. The van der Waals surface area contributed by atoms with Gasteiger partial charge in [0.25, 0.3) is 0 Å². The van der Waals surface area contributed by atoms with E-state index in [-0.39, 0.29) is 11.5 Å². The molecule has 3 aromatic rings. The van der Waals surface area contributed by atoms with E-state index in [9.17, 15) is 9.90 Å². The van der Waals surface area contributed by atoms with Gasteiger partial charge in [-0.3, -0.25) is 0 Å². The molecule has 1 aromatic carbocycles. The van der Waals surface area contributed by atoms with E-state index in [0.29, 0.717) is 25.1 Å². The van der Waals surface area contributed by atoms with Gasteiger partial charge in [0, 0.05) is 6.20 Å². The van der Waals surface area contributed by atoms with E-state index in [4.69, 9.17) is 11.5 Å². The number of nitrogen functional groups attached to an aromatic ring is 1. The Morgan fingerprint density at radius 1 is 1.06 bits per heavy atom. The smallest absolute Gasteiger partial charge is 0.339 e. The van der Waals surface area contributed by atoms with Crippen LogP contribution in [0.4, 0.5) is 5.95 Å². The summed E-state index contributed by atoms with van der Waals surface area (Å²) in [7, 11) is 0. The number of hydrogen-bond acceptors (Lipinski definition) is 5. The van der Waals surface area contributed by atoms with Crippen LogP contribution in [0, 0.1) is 3.57 Å².